The fourth-order valence-corrected chi connectivity index (χ4v) is 1.67. The minimum Gasteiger partial charge on any atom is -0.495 e. The average molecular weight is 309 g/mol. The zero-order valence-electron chi connectivity index (χ0n) is 13.4. The number of benzene rings is 1. The van der Waals surface area contributed by atoms with Gasteiger partial charge in [-0.1, -0.05) is 6.07 Å². The molecule has 0 aromatic heterocycles. The first kappa shape index (κ1) is 17.6. The lowest BCUT2D eigenvalue weighted by molar-refractivity contribution is 0.0526. The van der Waals surface area contributed by atoms with Gasteiger partial charge in [-0.3, -0.25) is 4.79 Å². The van der Waals surface area contributed by atoms with E-state index in [0.717, 1.165) is 0 Å². The van der Waals surface area contributed by atoms with Crippen molar-refractivity contribution in [2.75, 3.05) is 25.9 Å². The molecule has 0 spiro atoms. The fourth-order valence-electron chi connectivity index (χ4n) is 1.67. The molecule has 0 aliphatic rings. The minimum atomic E-state index is -0.553. The second-order valence-electron chi connectivity index (χ2n) is 5.61. The van der Waals surface area contributed by atoms with Crippen LogP contribution in [0.15, 0.2) is 18.2 Å². The van der Waals surface area contributed by atoms with Gasteiger partial charge in [0, 0.05) is 13.1 Å². The maximum Gasteiger partial charge on any atom is 0.407 e. The zero-order valence-corrected chi connectivity index (χ0v) is 13.4. The summed E-state index contributed by atoms with van der Waals surface area (Å²) in [4.78, 5) is 23.4. The van der Waals surface area contributed by atoms with Gasteiger partial charge in [-0.2, -0.15) is 0 Å². The maximum absolute atomic E-state index is 12.0. The largest absolute Gasteiger partial charge is 0.495 e. The standard InChI is InChI=1S/C15H23N3O4/c1-15(2,3)22-14(20)18-9-8-17-13(19)10-6-5-7-11(21-4)12(10)16/h5-7H,8-9,16H2,1-4H3,(H,17,19)(H,18,20). The SMILES string of the molecule is COc1cccc(C(=O)NCCNC(=O)OC(C)(C)C)c1N. The molecule has 0 heterocycles. The summed E-state index contributed by atoms with van der Waals surface area (Å²) in [5.41, 5.74) is 5.90. The van der Waals surface area contributed by atoms with Crippen molar-refractivity contribution in [1.82, 2.24) is 10.6 Å². The van der Waals surface area contributed by atoms with Gasteiger partial charge in [0.25, 0.3) is 5.91 Å². The number of anilines is 1. The zero-order chi connectivity index (χ0) is 16.8. The lowest BCUT2D eigenvalue weighted by Crippen LogP contribution is -2.38. The number of amides is 2. The topological polar surface area (TPSA) is 103 Å². The molecule has 122 valence electrons. The molecule has 0 bridgehead atoms. The Hall–Kier alpha value is -2.44. The van der Waals surface area contributed by atoms with E-state index in [1.165, 1.54) is 7.11 Å². The van der Waals surface area contributed by atoms with Crippen molar-refractivity contribution in [2.24, 2.45) is 0 Å². The Morgan fingerprint density at radius 1 is 1.18 bits per heavy atom. The third-order valence-electron chi connectivity index (χ3n) is 2.61. The van der Waals surface area contributed by atoms with E-state index in [0.29, 0.717) is 11.3 Å². The van der Waals surface area contributed by atoms with E-state index in [4.69, 9.17) is 15.2 Å². The third-order valence-corrected chi connectivity index (χ3v) is 2.61. The van der Waals surface area contributed by atoms with Crippen LogP contribution in [-0.2, 0) is 4.74 Å². The van der Waals surface area contributed by atoms with Crippen LogP contribution in [0.1, 0.15) is 31.1 Å². The number of nitrogen functional groups attached to an aromatic ring is 1. The van der Waals surface area contributed by atoms with Crippen molar-refractivity contribution < 1.29 is 19.1 Å². The first-order valence-corrected chi connectivity index (χ1v) is 6.92. The van der Waals surface area contributed by atoms with Gasteiger partial charge in [-0.15, -0.1) is 0 Å². The van der Waals surface area contributed by atoms with Crippen molar-refractivity contribution in [2.45, 2.75) is 26.4 Å². The third kappa shape index (κ3) is 5.51. The van der Waals surface area contributed by atoms with Crippen molar-refractivity contribution >= 4 is 17.7 Å². The number of ether oxygens (including phenoxy) is 2. The molecule has 7 heteroatoms. The highest BCUT2D eigenvalue weighted by atomic mass is 16.6. The molecular weight excluding hydrogens is 286 g/mol. The van der Waals surface area contributed by atoms with E-state index in [2.05, 4.69) is 10.6 Å². The molecule has 0 atom stereocenters. The number of carbonyl (C=O) groups is 2. The summed E-state index contributed by atoms with van der Waals surface area (Å²) in [5, 5.41) is 5.22. The van der Waals surface area contributed by atoms with Crippen molar-refractivity contribution in [1.29, 1.82) is 0 Å². The highest BCUT2D eigenvalue weighted by Gasteiger charge is 2.16. The highest BCUT2D eigenvalue weighted by molar-refractivity contribution is 6.00. The second-order valence-corrected chi connectivity index (χ2v) is 5.61. The lowest BCUT2D eigenvalue weighted by Gasteiger charge is -2.19. The molecule has 22 heavy (non-hydrogen) atoms. The van der Waals surface area contributed by atoms with E-state index in [9.17, 15) is 9.59 Å². The summed E-state index contributed by atoms with van der Waals surface area (Å²) in [5.74, 6) is 0.113. The molecule has 1 aromatic rings. The number of nitrogens with one attached hydrogen (secondary N) is 2. The first-order chi connectivity index (χ1) is 10.2. The molecule has 0 aliphatic carbocycles. The average Bonchev–Trinajstić information content (AvgIpc) is 2.41. The summed E-state index contributed by atoms with van der Waals surface area (Å²) in [6, 6.07) is 4.97. The van der Waals surface area contributed by atoms with E-state index >= 15 is 0 Å². The van der Waals surface area contributed by atoms with E-state index in [1.54, 1.807) is 39.0 Å². The number of para-hydroxylation sites is 1. The molecule has 0 saturated carbocycles. The molecule has 7 nitrogen and oxygen atoms in total. The van der Waals surface area contributed by atoms with E-state index in [1.807, 2.05) is 0 Å². The van der Waals surface area contributed by atoms with Crippen LogP contribution in [0.5, 0.6) is 5.75 Å². The number of hydrogen-bond acceptors (Lipinski definition) is 5. The second kappa shape index (κ2) is 7.53. The minimum absolute atomic E-state index is 0.254. The van der Waals surface area contributed by atoms with Crippen LogP contribution in [0.4, 0.5) is 10.5 Å². The van der Waals surface area contributed by atoms with Crippen LogP contribution in [0.25, 0.3) is 0 Å². The van der Waals surface area contributed by atoms with Gasteiger partial charge in [-0.25, -0.2) is 4.79 Å². The monoisotopic (exact) mass is 309 g/mol. The van der Waals surface area contributed by atoms with Crippen LogP contribution in [0, 0.1) is 0 Å². The number of hydrogen-bond donors (Lipinski definition) is 3. The summed E-state index contributed by atoms with van der Waals surface area (Å²) < 4.78 is 10.1. The van der Waals surface area contributed by atoms with Gasteiger partial charge in [0.1, 0.15) is 11.4 Å². The molecule has 0 fully saturated rings. The highest BCUT2D eigenvalue weighted by Crippen LogP contribution is 2.24. The molecule has 0 saturated heterocycles. The van der Waals surface area contributed by atoms with Crippen LogP contribution in [0.3, 0.4) is 0 Å². The Morgan fingerprint density at radius 3 is 2.41 bits per heavy atom. The van der Waals surface area contributed by atoms with Gasteiger partial charge in [0.15, 0.2) is 0 Å². The molecule has 1 rings (SSSR count). The van der Waals surface area contributed by atoms with Gasteiger partial charge in [0.2, 0.25) is 0 Å². The normalized spacial score (nSPS) is 10.7. The van der Waals surface area contributed by atoms with Gasteiger partial charge in [0.05, 0.1) is 18.4 Å². The Kier molecular flexibility index (Phi) is 6.03. The van der Waals surface area contributed by atoms with Crippen molar-refractivity contribution in [3.63, 3.8) is 0 Å². The lowest BCUT2D eigenvalue weighted by atomic mass is 10.1. The molecule has 0 radical (unpaired) electrons. The number of methoxy groups -OCH3 is 1. The van der Waals surface area contributed by atoms with Crippen LogP contribution >= 0.6 is 0 Å². The summed E-state index contributed by atoms with van der Waals surface area (Å²) >= 11 is 0. The van der Waals surface area contributed by atoms with Crippen LogP contribution < -0.4 is 21.1 Å². The summed E-state index contributed by atoms with van der Waals surface area (Å²) in [7, 11) is 1.48. The quantitative estimate of drug-likeness (QED) is 0.565. The predicted octanol–water partition coefficient (Wildman–Crippen LogP) is 1.53. The molecule has 0 unspecified atom stereocenters. The van der Waals surface area contributed by atoms with Crippen molar-refractivity contribution in [3.8, 4) is 5.75 Å². The smallest absolute Gasteiger partial charge is 0.407 e. The summed E-state index contributed by atoms with van der Waals surface area (Å²) in [6.45, 7) is 5.85. The number of alkyl carbamates (subject to hydrolysis) is 1. The fraction of sp³-hybridized carbons (Fsp3) is 0.467. The van der Waals surface area contributed by atoms with Gasteiger partial charge < -0.3 is 25.8 Å². The molecular formula is C15H23N3O4. The number of carbonyl (C=O) groups excluding carboxylic acids is 2. The van der Waals surface area contributed by atoms with Crippen LogP contribution in [-0.4, -0.2) is 37.8 Å². The Morgan fingerprint density at radius 2 is 1.82 bits per heavy atom. The molecule has 2 amide bonds. The predicted molar refractivity (Wildman–Crippen MR) is 84.0 cm³/mol. The Labute approximate surface area is 130 Å². The Balaban J connectivity index is 2.43. The van der Waals surface area contributed by atoms with E-state index < -0.39 is 11.7 Å². The van der Waals surface area contributed by atoms with E-state index in [-0.39, 0.29) is 24.7 Å². The van der Waals surface area contributed by atoms with Crippen molar-refractivity contribution in [3.05, 3.63) is 23.8 Å². The number of nitrogens with two attached hydrogens (primary N) is 1. The first-order valence-electron chi connectivity index (χ1n) is 6.92. The van der Waals surface area contributed by atoms with Crippen LogP contribution in [0.2, 0.25) is 0 Å². The Bertz CT molecular complexity index is 538. The van der Waals surface area contributed by atoms with Gasteiger partial charge >= 0.3 is 6.09 Å². The van der Waals surface area contributed by atoms with Gasteiger partial charge in [-0.05, 0) is 32.9 Å². The molecule has 4 N–H and O–H groups in total. The number of rotatable bonds is 5. The molecule has 0 aliphatic heterocycles. The molecule has 1 aromatic carbocycles. The summed E-state index contributed by atoms with van der Waals surface area (Å²) in [6.07, 6.45) is -0.525. The maximum atomic E-state index is 12.0.